The molecule has 2 N–H and O–H groups in total. The number of aromatic nitrogens is 2. The molecule has 0 spiro atoms. The van der Waals surface area contributed by atoms with Gasteiger partial charge in [-0.05, 0) is 45.0 Å². The number of anilines is 1. The van der Waals surface area contributed by atoms with Gasteiger partial charge in [0.25, 0.3) is 5.91 Å². The van der Waals surface area contributed by atoms with Crippen molar-refractivity contribution < 1.29 is 9.59 Å². The molecule has 0 unspecified atom stereocenters. The Balaban J connectivity index is 1.74. The lowest BCUT2D eigenvalue weighted by atomic mass is 10.2. The minimum absolute atomic E-state index is 0.163. The number of hydrogen-bond donors (Lipinski definition) is 2. The first-order valence-electron chi connectivity index (χ1n) is 8.30. The standard InChI is InChI=1S/C19H20N4O2S/c1-4-20-18(25)14-6-5-7-15(10-14)22-17(24)9-8-16-13(3)21-19-23(16)11-12(2)26-19/h5-11H,4H2,1-3H3,(H,20,25)(H,22,24)/b9-8+. The Morgan fingerprint density at radius 2 is 2.12 bits per heavy atom. The van der Waals surface area contributed by atoms with E-state index in [4.69, 9.17) is 0 Å². The third kappa shape index (κ3) is 3.83. The largest absolute Gasteiger partial charge is 0.352 e. The predicted octanol–water partition coefficient (Wildman–Crippen LogP) is 3.41. The Hall–Kier alpha value is -2.93. The first-order valence-corrected chi connectivity index (χ1v) is 9.12. The third-order valence-electron chi connectivity index (χ3n) is 3.79. The number of benzene rings is 1. The van der Waals surface area contributed by atoms with E-state index >= 15 is 0 Å². The molecule has 134 valence electrons. The Bertz CT molecular complexity index is 1000. The second-order valence-electron chi connectivity index (χ2n) is 5.84. The highest BCUT2D eigenvalue weighted by Crippen LogP contribution is 2.21. The minimum Gasteiger partial charge on any atom is -0.352 e. The van der Waals surface area contributed by atoms with Gasteiger partial charge < -0.3 is 10.6 Å². The molecular weight excluding hydrogens is 348 g/mol. The van der Waals surface area contributed by atoms with E-state index < -0.39 is 0 Å². The molecule has 3 rings (SSSR count). The van der Waals surface area contributed by atoms with Crippen LogP contribution in [-0.2, 0) is 4.79 Å². The molecule has 7 heteroatoms. The molecule has 2 amide bonds. The highest BCUT2D eigenvalue weighted by Gasteiger charge is 2.09. The van der Waals surface area contributed by atoms with Crippen LogP contribution in [0.3, 0.4) is 0 Å². The van der Waals surface area contributed by atoms with Crippen molar-refractivity contribution in [1.29, 1.82) is 0 Å². The summed E-state index contributed by atoms with van der Waals surface area (Å²) in [6.07, 6.45) is 5.24. The Kier molecular flexibility index (Phi) is 5.18. The SMILES string of the molecule is CCNC(=O)c1cccc(NC(=O)/C=C/c2c(C)nc3sc(C)cn23)c1. The van der Waals surface area contributed by atoms with E-state index in [9.17, 15) is 9.59 Å². The monoisotopic (exact) mass is 368 g/mol. The molecule has 0 saturated carbocycles. The average molecular weight is 368 g/mol. The molecule has 3 aromatic rings. The van der Waals surface area contributed by atoms with E-state index in [-0.39, 0.29) is 11.8 Å². The summed E-state index contributed by atoms with van der Waals surface area (Å²) in [5, 5.41) is 5.52. The second-order valence-corrected chi connectivity index (χ2v) is 7.05. The Morgan fingerprint density at radius 3 is 2.88 bits per heavy atom. The summed E-state index contributed by atoms with van der Waals surface area (Å²) in [5.41, 5.74) is 2.84. The van der Waals surface area contributed by atoms with Gasteiger partial charge in [0.2, 0.25) is 5.91 Å². The van der Waals surface area contributed by atoms with Crippen LogP contribution in [0.2, 0.25) is 0 Å². The van der Waals surface area contributed by atoms with Crippen LogP contribution in [0.4, 0.5) is 5.69 Å². The van der Waals surface area contributed by atoms with Crippen LogP contribution in [0.5, 0.6) is 0 Å². The number of nitrogens with zero attached hydrogens (tertiary/aromatic N) is 2. The topological polar surface area (TPSA) is 75.5 Å². The van der Waals surface area contributed by atoms with Gasteiger partial charge in [0.1, 0.15) is 0 Å². The fourth-order valence-electron chi connectivity index (χ4n) is 2.62. The molecule has 2 heterocycles. The first kappa shape index (κ1) is 17.9. The lowest BCUT2D eigenvalue weighted by Gasteiger charge is -2.06. The lowest BCUT2D eigenvalue weighted by molar-refractivity contribution is -0.111. The van der Waals surface area contributed by atoms with Crippen molar-refractivity contribution >= 4 is 39.9 Å². The van der Waals surface area contributed by atoms with E-state index in [1.165, 1.54) is 6.08 Å². The van der Waals surface area contributed by atoms with Crippen molar-refractivity contribution in [1.82, 2.24) is 14.7 Å². The molecule has 0 aliphatic rings. The molecule has 0 bridgehead atoms. The maximum atomic E-state index is 12.2. The fourth-order valence-corrected chi connectivity index (χ4v) is 3.50. The number of carbonyl (C=O) groups is 2. The van der Waals surface area contributed by atoms with Gasteiger partial charge in [-0.2, -0.15) is 0 Å². The predicted molar refractivity (Wildman–Crippen MR) is 105 cm³/mol. The van der Waals surface area contributed by atoms with Gasteiger partial charge in [-0.1, -0.05) is 6.07 Å². The molecule has 0 saturated heterocycles. The first-order chi connectivity index (χ1) is 12.5. The zero-order valence-corrected chi connectivity index (χ0v) is 15.7. The quantitative estimate of drug-likeness (QED) is 0.678. The molecule has 26 heavy (non-hydrogen) atoms. The van der Waals surface area contributed by atoms with Crippen molar-refractivity contribution in [2.75, 3.05) is 11.9 Å². The Labute approximate surface area is 155 Å². The second kappa shape index (κ2) is 7.53. The number of amides is 2. The molecule has 0 fully saturated rings. The van der Waals surface area contributed by atoms with E-state index in [1.54, 1.807) is 41.7 Å². The number of fused-ring (bicyclic) bond motifs is 1. The smallest absolute Gasteiger partial charge is 0.251 e. The lowest BCUT2D eigenvalue weighted by Crippen LogP contribution is -2.22. The summed E-state index contributed by atoms with van der Waals surface area (Å²) in [5.74, 6) is -0.427. The summed E-state index contributed by atoms with van der Waals surface area (Å²) in [6.45, 7) is 6.36. The third-order valence-corrected chi connectivity index (χ3v) is 4.68. The summed E-state index contributed by atoms with van der Waals surface area (Å²) in [7, 11) is 0. The molecule has 2 aromatic heterocycles. The zero-order chi connectivity index (χ0) is 18.7. The van der Waals surface area contributed by atoms with Crippen molar-refractivity contribution in [2.45, 2.75) is 20.8 Å². The average Bonchev–Trinajstić information content (AvgIpc) is 3.08. The molecule has 0 aliphatic heterocycles. The van der Waals surface area contributed by atoms with Crippen LogP contribution in [0.1, 0.15) is 33.5 Å². The maximum Gasteiger partial charge on any atom is 0.251 e. The number of carbonyl (C=O) groups excluding carboxylic acids is 2. The Morgan fingerprint density at radius 1 is 1.31 bits per heavy atom. The van der Waals surface area contributed by atoms with Gasteiger partial charge in [0.15, 0.2) is 4.96 Å². The summed E-state index contributed by atoms with van der Waals surface area (Å²) >= 11 is 1.61. The highest BCUT2D eigenvalue weighted by molar-refractivity contribution is 7.17. The summed E-state index contributed by atoms with van der Waals surface area (Å²) < 4.78 is 1.98. The van der Waals surface area contributed by atoms with Crippen LogP contribution >= 0.6 is 11.3 Å². The van der Waals surface area contributed by atoms with Crippen molar-refractivity contribution in [3.8, 4) is 0 Å². The molecule has 0 aliphatic carbocycles. The van der Waals surface area contributed by atoms with Gasteiger partial charge >= 0.3 is 0 Å². The van der Waals surface area contributed by atoms with Crippen LogP contribution in [0.25, 0.3) is 11.0 Å². The van der Waals surface area contributed by atoms with Gasteiger partial charge in [0, 0.05) is 34.9 Å². The molecule has 0 atom stereocenters. The molecular formula is C19H20N4O2S. The van der Waals surface area contributed by atoms with E-state index in [0.29, 0.717) is 17.8 Å². The van der Waals surface area contributed by atoms with Crippen molar-refractivity contribution in [3.63, 3.8) is 0 Å². The number of nitrogens with one attached hydrogen (secondary N) is 2. The van der Waals surface area contributed by atoms with Gasteiger partial charge in [0.05, 0.1) is 11.4 Å². The zero-order valence-electron chi connectivity index (χ0n) is 14.9. The number of imidazole rings is 1. The maximum absolute atomic E-state index is 12.2. The van der Waals surface area contributed by atoms with E-state index in [1.807, 2.05) is 31.4 Å². The van der Waals surface area contributed by atoms with Crippen LogP contribution < -0.4 is 10.6 Å². The van der Waals surface area contributed by atoms with Crippen LogP contribution in [0.15, 0.2) is 36.5 Å². The normalized spacial score (nSPS) is 11.2. The van der Waals surface area contributed by atoms with Gasteiger partial charge in [-0.25, -0.2) is 4.98 Å². The molecule has 0 radical (unpaired) electrons. The van der Waals surface area contributed by atoms with Gasteiger partial charge in [-0.15, -0.1) is 11.3 Å². The van der Waals surface area contributed by atoms with Crippen molar-refractivity contribution in [3.05, 3.63) is 58.4 Å². The van der Waals surface area contributed by atoms with Crippen LogP contribution in [0, 0.1) is 13.8 Å². The number of aryl methyl sites for hydroxylation is 2. The number of rotatable bonds is 5. The summed E-state index contributed by atoms with van der Waals surface area (Å²) in [4.78, 5) is 30.7. The minimum atomic E-state index is -0.264. The summed E-state index contributed by atoms with van der Waals surface area (Å²) in [6, 6.07) is 6.85. The number of thiazole rings is 1. The van der Waals surface area contributed by atoms with Crippen LogP contribution in [-0.4, -0.2) is 27.7 Å². The fraction of sp³-hybridized carbons (Fsp3) is 0.211. The van der Waals surface area contributed by atoms with Crippen molar-refractivity contribution in [2.24, 2.45) is 0 Å². The highest BCUT2D eigenvalue weighted by atomic mass is 32.1. The van der Waals surface area contributed by atoms with Gasteiger partial charge in [-0.3, -0.25) is 14.0 Å². The molecule has 6 nitrogen and oxygen atoms in total. The van der Waals surface area contributed by atoms with E-state index in [0.717, 1.165) is 21.2 Å². The number of hydrogen-bond acceptors (Lipinski definition) is 4. The van der Waals surface area contributed by atoms with E-state index in [2.05, 4.69) is 15.6 Å². The molecule has 1 aromatic carbocycles.